The van der Waals surface area contributed by atoms with Crippen molar-refractivity contribution in [1.29, 1.82) is 5.26 Å². The van der Waals surface area contributed by atoms with Crippen LogP contribution in [0.1, 0.15) is 11.1 Å². The van der Waals surface area contributed by atoms with Gasteiger partial charge in [-0.15, -0.1) is 13.2 Å². The molecule has 1 heterocycles. The van der Waals surface area contributed by atoms with E-state index in [1.165, 1.54) is 24.3 Å². The molecule has 0 aliphatic carbocycles. The Morgan fingerprint density at radius 2 is 2.07 bits per heavy atom. The van der Waals surface area contributed by atoms with Crippen LogP contribution in [-0.2, 0) is 18.4 Å². The number of nitrogens with one attached hydrogen (secondary N) is 1. The molecular formula is C20H15F3N4O2. The number of nitrogens with zero attached hydrogens (tertiary/aromatic N) is 3. The van der Waals surface area contributed by atoms with Crippen molar-refractivity contribution in [3.8, 4) is 22.9 Å². The molecule has 0 radical (unpaired) electrons. The molecular weight excluding hydrogens is 385 g/mol. The number of carbonyl (C=O) groups excluding carboxylic acids is 1. The maximum atomic E-state index is 12.4. The number of hydrogen-bond acceptors (Lipinski definition) is 4. The van der Waals surface area contributed by atoms with Crippen LogP contribution >= 0.6 is 0 Å². The van der Waals surface area contributed by atoms with E-state index in [0.29, 0.717) is 33.3 Å². The number of benzene rings is 2. The van der Waals surface area contributed by atoms with E-state index in [1.54, 1.807) is 24.0 Å². The van der Waals surface area contributed by atoms with Crippen LogP contribution in [0.15, 0.2) is 49.3 Å². The standard InChI is InChI=1S/C20H15F3N4O2/c1-3-17(28)25-10-13-8-15(18-19(16(13)9-24)27(2)11-26-18)12-4-6-14(7-5-12)29-20(21,22)23/h3-8,11H,1,10H2,2H3,(H,25,28). The summed E-state index contributed by atoms with van der Waals surface area (Å²) in [6.07, 6.45) is -2.11. The van der Waals surface area contributed by atoms with Gasteiger partial charge in [0.05, 0.1) is 22.9 Å². The summed E-state index contributed by atoms with van der Waals surface area (Å²) in [5, 5.41) is 12.3. The van der Waals surface area contributed by atoms with Crippen LogP contribution in [0, 0.1) is 11.3 Å². The number of alkyl halides is 3. The van der Waals surface area contributed by atoms with Crippen LogP contribution in [0.3, 0.4) is 0 Å². The predicted molar refractivity (Wildman–Crippen MR) is 99.6 cm³/mol. The molecule has 1 N–H and O–H groups in total. The normalized spacial score (nSPS) is 11.1. The molecule has 3 rings (SSSR count). The average molecular weight is 400 g/mol. The first-order valence-electron chi connectivity index (χ1n) is 8.37. The minimum Gasteiger partial charge on any atom is -0.406 e. The van der Waals surface area contributed by atoms with Gasteiger partial charge >= 0.3 is 6.36 Å². The minimum atomic E-state index is -4.78. The third-order valence-electron chi connectivity index (χ3n) is 4.22. The van der Waals surface area contributed by atoms with E-state index in [2.05, 4.69) is 27.7 Å². The lowest BCUT2D eigenvalue weighted by molar-refractivity contribution is -0.274. The fourth-order valence-corrected chi connectivity index (χ4v) is 2.96. The van der Waals surface area contributed by atoms with E-state index in [-0.39, 0.29) is 12.3 Å². The van der Waals surface area contributed by atoms with Crippen LogP contribution in [0.2, 0.25) is 0 Å². The molecule has 0 atom stereocenters. The fourth-order valence-electron chi connectivity index (χ4n) is 2.96. The number of ether oxygens (including phenoxy) is 1. The molecule has 6 nitrogen and oxygen atoms in total. The Labute approximate surface area is 163 Å². The van der Waals surface area contributed by atoms with Crippen LogP contribution in [0.4, 0.5) is 13.2 Å². The molecule has 0 fully saturated rings. The molecule has 0 spiro atoms. The number of aryl methyl sites for hydroxylation is 1. The average Bonchev–Trinajstić information content (AvgIpc) is 3.06. The second kappa shape index (κ2) is 7.67. The molecule has 0 unspecified atom stereocenters. The van der Waals surface area contributed by atoms with Gasteiger partial charge in [0, 0.05) is 19.2 Å². The Hall–Kier alpha value is -3.80. The van der Waals surface area contributed by atoms with Gasteiger partial charge in [-0.1, -0.05) is 18.7 Å². The summed E-state index contributed by atoms with van der Waals surface area (Å²) < 4.78 is 42.7. The topological polar surface area (TPSA) is 79.9 Å². The van der Waals surface area contributed by atoms with Crippen molar-refractivity contribution >= 4 is 16.9 Å². The third kappa shape index (κ3) is 4.21. The van der Waals surface area contributed by atoms with E-state index in [1.807, 2.05) is 0 Å². The Balaban J connectivity index is 2.11. The number of halogens is 3. The molecule has 0 bridgehead atoms. The molecule has 0 aliphatic heterocycles. The molecule has 29 heavy (non-hydrogen) atoms. The van der Waals surface area contributed by atoms with Gasteiger partial charge in [-0.25, -0.2) is 4.98 Å². The van der Waals surface area contributed by atoms with Crippen molar-refractivity contribution in [2.24, 2.45) is 7.05 Å². The number of amides is 1. The lowest BCUT2D eigenvalue weighted by Gasteiger charge is -2.13. The van der Waals surface area contributed by atoms with Gasteiger partial charge in [0.15, 0.2) is 0 Å². The van der Waals surface area contributed by atoms with Gasteiger partial charge in [-0.05, 0) is 35.4 Å². The summed E-state index contributed by atoms with van der Waals surface area (Å²) in [6, 6.07) is 9.19. The lowest BCUT2D eigenvalue weighted by Crippen LogP contribution is -2.20. The van der Waals surface area contributed by atoms with Crippen molar-refractivity contribution in [3.05, 3.63) is 60.4 Å². The third-order valence-corrected chi connectivity index (χ3v) is 4.22. The fraction of sp³-hybridized carbons (Fsp3) is 0.150. The van der Waals surface area contributed by atoms with Crippen molar-refractivity contribution in [2.75, 3.05) is 0 Å². The summed E-state index contributed by atoms with van der Waals surface area (Å²) >= 11 is 0. The van der Waals surface area contributed by atoms with Gasteiger partial charge in [-0.2, -0.15) is 5.26 Å². The summed E-state index contributed by atoms with van der Waals surface area (Å²) in [4.78, 5) is 15.9. The van der Waals surface area contributed by atoms with Gasteiger partial charge in [0.2, 0.25) is 5.91 Å². The summed E-state index contributed by atoms with van der Waals surface area (Å²) in [5.74, 6) is -0.736. The molecule has 9 heteroatoms. The molecule has 2 aromatic carbocycles. The first kappa shape index (κ1) is 19.9. The minimum absolute atomic E-state index is 0.0805. The number of imidazole rings is 1. The maximum absolute atomic E-state index is 12.4. The van der Waals surface area contributed by atoms with Crippen LogP contribution in [0.5, 0.6) is 5.75 Å². The predicted octanol–water partition coefficient (Wildman–Crippen LogP) is 3.81. The number of rotatable bonds is 5. The van der Waals surface area contributed by atoms with Gasteiger partial charge in [-0.3, -0.25) is 4.79 Å². The zero-order valence-corrected chi connectivity index (χ0v) is 15.2. The Morgan fingerprint density at radius 1 is 1.38 bits per heavy atom. The summed E-state index contributed by atoms with van der Waals surface area (Å²) in [7, 11) is 1.73. The zero-order valence-electron chi connectivity index (χ0n) is 15.2. The van der Waals surface area contributed by atoms with Crippen LogP contribution < -0.4 is 10.1 Å². The van der Waals surface area contributed by atoms with E-state index >= 15 is 0 Å². The van der Waals surface area contributed by atoms with Crippen LogP contribution in [-0.4, -0.2) is 21.8 Å². The highest BCUT2D eigenvalue weighted by Crippen LogP contribution is 2.33. The Kier molecular flexibility index (Phi) is 5.28. The monoisotopic (exact) mass is 400 g/mol. The molecule has 0 aliphatic rings. The van der Waals surface area contributed by atoms with Gasteiger partial charge < -0.3 is 14.6 Å². The highest BCUT2D eigenvalue weighted by atomic mass is 19.4. The maximum Gasteiger partial charge on any atom is 0.573 e. The van der Waals surface area contributed by atoms with Gasteiger partial charge in [0.25, 0.3) is 0 Å². The number of hydrogen-bond donors (Lipinski definition) is 1. The number of nitriles is 1. The summed E-state index contributed by atoms with van der Waals surface area (Å²) in [6.45, 7) is 3.47. The van der Waals surface area contributed by atoms with Crippen molar-refractivity contribution in [2.45, 2.75) is 12.9 Å². The molecule has 148 valence electrons. The quantitative estimate of drug-likeness (QED) is 0.661. The van der Waals surface area contributed by atoms with Crippen molar-refractivity contribution < 1.29 is 22.7 Å². The summed E-state index contributed by atoms with van der Waals surface area (Å²) in [5.41, 5.74) is 3.18. The first-order chi connectivity index (χ1) is 13.7. The molecule has 1 aromatic heterocycles. The number of aromatic nitrogens is 2. The van der Waals surface area contributed by atoms with Crippen LogP contribution in [0.25, 0.3) is 22.2 Å². The highest BCUT2D eigenvalue weighted by molar-refractivity contribution is 5.96. The highest BCUT2D eigenvalue weighted by Gasteiger charge is 2.31. The van der Waals surface area contributed by atoms with Crippen molar-refractivity contribution in [1.82, 2.24) is 14.9 Å². The Morgan fingerprint density at radius 3 is 2.66 bits per heavy atom. The molecule has 0 saturated heterocycles. The van der Waals surface area contributed by atoms with E-state index in [4.69, 9.17) is 0 Å². The largest absolute Gasteiger partial charge is 0.573 e. The SMILES string of the molecule is C=CC(=O)NCc1cc(-c2ccc(OC(F)(F)F)cc2)c2ncn(C)c2c1C#N. The second-order valence-electron chi connectivity index (χ2n) is 6.12. The molecule has 1 amide bonds. The zero-order chi connectivity index (χ0) is 21.2. The van der Waals surface area contributed by atoms with E-state index < -0.39 is 12.3 Å². The van der Waals surface area contributed by atoms with Crippen molar-refractivity contribution in [3.63, 3.8) is 0 Å². The number of carbonyl (C=O) groups is 1. The van der Waals surface area contributed by atoms with Gasteiger partial charge in [0.1, 0.15) is 11.8 Å². The lowest BCUT2D eigenvalue weighted by atomic mass is 9.97. The second-order valence-corrected chi connectivity index (χ2v) is 6.12. The smallest absolute Gasteiger partial charge is 0.406 e. The number of fused-ring (bicyclic) bond motifs is 1. The Bertz CT molecular complexity index is 1130. The van der Waals surface area contributed by atoms with E-state index in [0.717, 1.165) is 6.08 Å². The molecule has 3 aromatic rings. The first-order valence-corrected chi connectivity index (χ1v) is 8.37. The molecule has 0 saturated carbocycles. The van der Waals surface area contributed by atoms with E-state index in [9.17, 15) is 23.2 Å².